The molecule has 0 aliphatic carbocycles. The first-order valence-corrected chi connectivity index (χ1v) is 4.81. The first-order chi connectivity index (χ1) is 6.89. The maximum atomic E-state index is 11.9. The molecule has 0 aromatic rings. The Morgan fingerprint density at radius 1 is 1.27 bits per heavy atom. The number of hydrazine groups is 1. The Bertz CT molecular complexity index is 192. The number of likely N-dealkylation sites (N-methyl/N-ethyl adjacent to an activating group) is 1. The fourth-order valence-corrected chi connectivity index (χ4v) is 1.30. The SMILES string of the molecule is CN1CCN(NCC(O)C(F)(F)F)CC1. The van der Waals surface area contributed by atoms with Gasteiger partial charge >= 0.3 is 6.18 Å². The van der Waals surface area contributed by atoms with Gasteiger partial charge in [0.05, 0.1) is 0 Å². The number of hydrogen-bond donors (Lipinski definition) is 2. The summed E-state index contributed by atoms with van der Waals surface area (Å²) >= 11 is 0. The molecule has 90 valence electrons. The second-order valence-corrected chi connectivity index (χ2v) is 3.71. The zero-order chi connectivity index (χ0) is 11.5. The van der Waals surface area contributed by atoms with Crippen molar-refractivity contribution in [3.63, 3.8) is 0 Å². The van der Waals surface area contributed by atoms with Crippen molar-refractivity contribution in [1.29, 1.82) is 0 Å². The second kappa shape index (κ2) is 5.11. The van der Waals surface area contributed by atoms with Gasteiger partial charge in [0, 0.05) is 32.7 Å². The van der Waals surface area contributed by atoms with E-state index in [4.69, 9.17) is 5.11 Å². The minimum Gasteiger partial charge on any atom is -0.382 e. The average molecular weight is 227 g/mol. The number of piperazine rings is 1. The van der Waals surface area contributed by atoms with Gasteiger partial charge in [0.15, 0.2) is 6.10 Å². The Morgan fingerprint density at radius 2 is 1.80 bits per heavy atom. The third-order valence-electron chi connectivity index (χ3n) is 2.39. The molecule has 0 radical (unpaired) electrons. The van der Waals surface area contributed by atoms with Crippen LogP contribution in [0.5, 0.6) is 0 Å². The molecule has 0 amide bonds. The molecule has 0 aromatic carbocycles. The number of hydrogen-bond acceptors (Lipinski definition) is 4. The summed E-state index contributed by atoms with van der Waals surface area (Å²) in [5.74, 6) is 0. The number of alkyl halides is 3. The van der Waals surface area contributed by atoms with Gasteiger partial charge in [-0.2, -0.15) is 13.2 Å². The second-order valence-electron chi connectivity index (χ2n) is 3.71. The van der Waals surface area contributed by atoms with Crippen molar-refractivity contribution in [1.82, 2.24) is 15.3 Å². The summed E-state index contributed by atoms with van der Waals surface area (Å²) in [4.78, 5) is 2.10. The van der Waals surface area contributed by atoms with Crippen molar-refractivity contribution in [3.05, 3.63) is 0 Å². The molecule has 7 heteroatoms. The number of aliphatic hydroxyl groups excluding tert-OH is 1. The van der Waals surface area contributed by atoms with E-state index in [-0.39, 0.29) is 0 Å². The molecule has 1 aliphatic heterocycles. The molecule has 0 bridgehead atoms. The molecule has 15 heavy (non-hydrogen) atoms. The summed E-state index contributed by atoms with van der Waals surface area (Å²) in [5, 5.41) is 10.4. The van der Waals surface area contributed by atoms with Crippen LogP contribution in [0.3, 0.4) is 0 Å². The van der Waals surface area contributed by atoms with Crippen LogP contribution >= 0.6 is 0 Å². The van der Waals surface area contributed by atoms with E-state index < -0.39 is 18.8 Å². The van der Waals surface area contributed by atoms with Crippen LogP contribution in [-0.4, -0.2) is 67.1 Å². The minimum absolute atomic E-state index is 0.479. The topological polar surface area (TPSA) is 38.7 Å². The molecule has 0 saturated carbocycles. The van der Waals surface area contributed by atoms with Crippen molar-refractivity contribution < 1.29 is 18.3 Å². The normalized spacial score (nSPS) is 23.0. The first kappa shape index (κ1) is 12.7. The average Bonchev–Trinajstić information content (AvgIpc) is 2.15. The van der Waals surface area contributed by atoms with E-state index in [0.29, 0.717) is 13.1 Å². The molecule has 4 nitrogen and oxygen atoms in total. The Morgan fingerprint density at radius 3 is 2.27 bits per heavy atom. The summed E-state index contributed by atoms with van der Waals surface area (Å²) in [6.45, 7) is 2.49. The lowest BCUT2D eigenvalue weighted by Crippen LogP contribution is -2.53. The van der Waals surface area contributed by atoms with Gasteiger partial charge in [0.2, 0.25) is 0 Å². The lowest BCUT2D eigenvalue weighted by atomic mass is 10.3. The zero-order valence-electron chi connectivity index (χ0n) is 8.59. The number of nitrogens with zero attached hydrogens (tertiary/aromatic N) is 2. The molecule has 0 spiro atoms. The Balaban J connectivity index is 2.20. The van der Waals surface area contributed by atoms with Crippen molar-refractivity contribution >= 4 is 0 Å². The van der Waals surface area contributed by atoms with Crippen LogP contribution < -0.4 is 5.43 Å². The number of halogens is 3. The number of aliphatic hydroxyl groups is 1. The standard InChI is InChI=1S/C8H16F3N3O/c1-13-2-4-14(5-3-13)12-6-7(15)8(9,10)11/h7,12,15H,2-6H2,1H3. The summed E-state index contributed by atoms with van der Waals surface area (Å²) in [7, 11) is 1.96. The minimum atomic E-state index is -4.54. The van der Waals surface area contributed by atoms with Crippen LogP contribution in [-0.2, 0) is 0 Å². The lowest BCUT2D eigenvalue weighted by Gasteiger charge is -2.33. The van der Waals surface area contributed by atoms with Crippen LogP contribution in [0.4, 0.5) is 13.2 Å². The third-order valence-corrected chi connectivity index (χ3v) is 2.39. The van der Waals surface area contributed by atoms with E-state index in [1.54, 1.807) is 5.01 Å². The van der Waals surface area contributed by atoms with Crippen molar-refractivity contribution in [2.24, 2.45) is 0 Å². The van der Waals surface area contributed by atoms with Crippen LogP contribution in [0, 0.1) is 0 Å². The first-order valence-electron chi connectivity index (χ1n) is 4.81. The van der Waals surface area contributed by atoms with E-state index in [2.05, 4.69) is 10.3 Å². The third kappa shape index (κ3) is 4.33. The quantitative estimate of drug-likeness (QED) is 0.692. The molecule has 1 aliphatic rings. The van der Waals surface area contributed by atoms with Gasteiger partial charge in [-0.3, -0.25) is 5.43 Å². The fourth-order valence-electron chi connectivity index (χ4n) is 1.30. The molecule has 2 N–H and O–H groups in total. The highest BCUT2D eigenvalue weighted by Gasteiger charge is 2.38. The summed E-state index contributed by atoms with van der Waals surface area (Å²) in [5.41, 5.74) is 2.59. The van der Waals surface area contributed by atoms with Crippen LogP contribution in [0.25, 0.3) is 0 Å². The van der Waals surface area contributed by atoms with E-state index in [0.717, 1.165) is 13.1 Å². The summed E-state index contributed by atoms with van der Waals surface area (Å²) < 4.78 is 35.8. The lowest BCUT2D eigenvalue weighted by molar-refractivity contribution is -0.204. The van der Waals surface area contributed by atoms with E-state index in [9.17, 15) is 13.2 Å². The predicted molar refractivity (Wildman–Crippen MR) is 49.1 cm³/mol. The summed E-state index contributed by atoms with van der Waals surface area (Å²) in [6.07, 6.45) is -6.84. The molecule has 1 heterocycles. The highest BCUT2D eigenvalue weighted by Crippen LogP contribution is 2.19. The number of rotatable bonds is 3. The monoisotopic (exact) mass is 227 g/mol. The van der Waals surface area contributed by atoms with Crippen molar-refractivity contribution in [2.75, 3.05) is 39.8 Å². The summed E-state index contributed by atoms with van der Waals surface area (Å²) in [6, 6.07) is 0. The van der Waals surface area contributed by atoms with Gasteiger partial charge in [-0.15, -0.1) is 0 Å². The number of nitrogens with one attached hydrogen (secondary N) is 1. The predicted octanol–water partition coefficient (Wildman–Crippen LogP) is -0.338. The van der Waals surface area contributed by atoms with Crippen LogP contribution in [0.2, 0.25) is 0 Å². The van der Waals surface area contributed by atoms with Gasteiger partial charge in [-0.05, 0) is 7.05 Å². The van der Waals surface area contributed by atoms with Gasteiger partial charge in [-0.25, -0.2) is 5.01 Å². The molecule has 1 atom stereocenters. The Kier molecular flexibility index (Phi) is 4.32. The smallest absolute Gasteiger partial charge is 0.382 e. The van der Waals surface area contributed by atoms with E-state index in [1.165, 1.54) is 0 Å². The fraction of sp³-hybridized carbons (Fsp3) is 1.00. The molecule has 1 rings (SSSR count). The molecular formula is C8H16F3N3O. The van der Waals surface area contributed by atoms with Gasteiger partial charge in [-0.1, -0.05) is 0 Å². The van der Waals surface area contributed by atoms with E-state index in [1.807, 2.05) is 7.05 Å². The molecule has 1 unspecified atom stereocenters. The highest BCUT2D eigenvalue weighted by atomic mass is 19.4. The molecule has 0 aromatic heterocycles. The van der Waals surface area contributed by atoms with Crippen LogP contribution in [0.1, 0.15) is 0 Å². The van der Waals surface area contributed by atoms with Crippen LogP contribution in [0.15, 0.2) is 0 Å². The van der Waals surface area contributed by atoms with Crippen molar-refractivity contribution in [3.8, 4) is 0 Å². The zero-order valence-corrected chi connectivity index (χ0v) is 8.59. The van der Waals surface area contributed by atoms with Crippen molar-refractivity contribution in [2.45, 2.75) is 12.3 Å². The van der Waals surface area contributed by atoms with Gasteiger partial charge < -0.3 is 10.0 Å². The van der Waals surface area contributed by atoms with Gasteiger partial charge in [0.1, 0.15) is 0 Å². The maximum absolute atomic E-state index is 11.9. The maximum Gasteiger partial charge on any atom is 0.415 e. The van der Waals surface area contributed by atoms with E-state index >= 15 is 0 Å². The molecule has 1 saturated heterocycles. The van der Waals surface area contributed by atoms with Gasteiger partial charge in [0.25, 0.3) is 0 Å². The highest BCUT2D eigenvalue weighted by molar-refractivity contribution is 4.70. The largest absolute Gasteiger partial charge is 0.415 e. The molecule has 1 fully saturated rings. The Labute approximate surface area is 86.6 Å². The molecular weight excluding hydrogens is 211 g/mol. The Hall–Kier alpha value is -0.370.